The van der Waals surface area contributed by atoms with Gasteiger partial charge in [-0.15, -0.1) is 0 Å². The molecule has 25 heavy (non-hydrogen) atoms. The summed E-state index contributed by atoms with van der Waals surface area (Å²) in [5.41, 5.74) is 19.8. The average molecular weight is 342 g/mol. The van der Waals surface area contributed by atoms with Gasteiger partial charge in [0.25, 0.3) is 0 Å². The second-order valence-electron chi connectivity index (χ2n) is 6.80. The van der Waals surface area contributed by atoms with Crippen molar-refractivity contribution < 1.29 is 5.11 Å². The zero-order valence-electron chi connectivity index (χ0n) is 15.2. The summed E-state index contributed by atoms with van der Waals surface area (Å²) in [6.07, 6.45) is 8.50. The summed E-state index contributed by atoms with van der Waals surface area (Å²) >= 11 is 0. The standard InChI is InChI=1S/C20H30N4O/c1-3-15-7-6-10-24(13-14(2)11-15)18(20(22)23)12-17(21)16-8-4-5-9-19(16)25/h4-9,12,14-15,25H,3,10-11,13,21-23H2,1-2H3/b7-6-,17-12-/t14-,15?/m0/s1. The smallest absolute Gasteiger partial charge is 0.124 e. The first-order valence-electron chi connectivity index (χ1n) is 8.84. The number of hydrogen-bond donors (Lipinski definition) is 4. The maximum Gasteiger partial charge on any atom is 0.124 e. The normalized spacial score (nSPS) is 22.8. The molecule has 1 aromatic carbocycles. The number of phenols is 1. The van der Waals surface area contributed by atoms with E-state index in [4.69, 9.17) is 17.2 Å². The van der Waals surface area contributed by atoms with Gasteiger partial charge in [-0.3, -0.25) is 0 Å². The predicted octanol–water partition coefficient (Wildman–Crippen LogP) is 2.70. The van der Waals surface area contributed by atoms with Gasteiger partial charge in [-0.25, -0.2) is 0 Å². The van der Waals surface area contributed by atoms with E-state index in [-0.39, 0.29) is 11.6 Å². The SMILES string of the molecule is CCC1/C=C\CN(C(/C=C(\N)c2ccccc2O)=C(N)N)C[C@@H](C)C1. The van der Waals surface area contributed by atoms with Crippen molar-refractivity contribution in [3.63, 3.8) is 0 Å². The summed E-state index contributed by atoms with van der Waals surface area (Å²) in [7, 11) is 0. The fraction of sp³-hybridized carbons (Fsp3) is 0.400. The van der Waals surface area contributed by atoms with Gasteiger partial charge in [0, 0.05) is 24.4 Å². The van der Waals surface area contributed by atoms with Crippen LogP contribution in [0.2, 0.25) is 0 Å². The molecule has 0 aliphatic carbocycles. The number of phenolic OH excluding ortho intramolecular Hbond substituents is 1. The Morgan fingerprint density at radius 3 is 2.64 bits per heavy atom. The maximum absolute atomic E-state index is 10.00. The highest BCUT2D eigenvalue weighted by Gasteiger charge is 2.19. The van der Waals surface area contributed by atoms with Crippen molar-refractivity contribution in [3.05, 3.63) is 59.6 Å². The maximum atomic E-state index is 10.00. The second-order valence-corrected chi connectivity index (χ2v) is 6.80. The molecular formula is C20H30N4O. The lowest BCUT2D eigenvalue weighted by molar-refractivity contribution is 0.287. The van der Waals surface area contributed by atoms with Crippen LogP contribution in [0.25, 0.3) is 5.70 Å². The quantitative estimate of drug-likeness (QED) is 0.498. The molecule has 0 saturated heterocycles. The van der Waals surface area contributed by atoms with Gasteiger partial charge in [-0.2, -0.15) is 0 Å². The summed E-state index contributed by atoms with van der Waals surface area (Å²) in [6.45, 7) is 6.06. The molecule has 7 N–H and O–H groups in total. The van der Waals surface area contributed by atoms with Crippen LogP contribution in [0.1, 0.15) is 32.3 Å². The van der Waals surface area contributed by atoms with Crippen LogP contribution in [-0.2, 0) is 0 Å². The molecule has 0 spiro atoms. The van der Waals surface area contributed by atoms with Crippen molar-refractivity contribution in [1.29, 1.82) is 0 Å². The first-order valence-corrected chi connectivity index (χ1v) is 8.84. The summed E-state index contributed by atoms with van der Waals surface area (Å²) in [5, 5.41) is 10.00. The molecule has 0 radical (unpaired) electrons. The van der Waals surface area contributed by atoms with Crippen molar-refractivity contribution in [1.82, 2.24) is 4.90 Å². The minimum Gasteiger partial charge on any atom is -0.507 e. The predicted molar refractivity (Wildman–Crippen MR) is 104 cm³/mol. The van der Waals surface area contributed by atoms with Crippen molar-refractivity contribution >= 4 is 5.70 Å². The molecule has 2 atom stereocenters. The number of nitrogens with two attached hydrogens (primary N) is 3. The third-order valence-electron chi connectivity index (χ3n) is 4.64. The van der Waals surface area contributed by atoms with Crippen LogP contribution in [0, 0.1) is 11.8 Å². The van der Waals surface area contributed by atoms with Crippen LogP contribution in [0.5, 0.6) is 5.75 Å². The van der Waals surface area contributed by atoms with Gasteiger partial charge >= 0.3 is 0 Å². The lowest BCUT2D eigenvalue weighted by atomic mass is 9.91. The van der Waals surface area contributed by atoms with E-state index in [0.29, 0.717) is 28.8 Å². The molecule has 1 aliphatic rings. The van der Waals surface area contributed by atoms with Crippen LogP contribution >= 0.6 is 0 Å². The van der Waals surface area contributed by atoms with Gasteiger partial charge in [0.2, 0.25) is 0 Å². The van der Waals surface area contributed by atoms with Crippen LogP contribution in [0.3, 0.4) is 0 Å². The Hall–Kier alpha value is -2.56. The molecule has 136 valence electrons. The Bertz CT molecular complexity index is 674. The summed E-state index contributed by atoms with van der Waals surface area (Å²) < 4.78 is 0. The van der Waals surface area contributed by atoms with Gasteiger partial charge in [0.1, 0.15) is 11.6 Å². The summed E-state index contributed by atoms with van der Waals surface area (Å²) in [5.74, 6) is 1.51. The zero-order valence-corrected chi connectivity index (χ0v) is 15.2. The lowest BCUT2D eigenvalue weighted by Crippen LogP contribution is -2.33. The number of nitrogens with zero attached hydrogens (tertiary/aromatic N) is 1. The van der Waals surface area contributed by atoms with Gasteiger partial charge < -0.3 is 27.2 Å². The number of hydrogen-bond acceptors (Lipinski definition) is 5. The molecule has 0 aromatic heterocycles. The molecule has 1 heterocycles. The van der Waals surface area contributed by atoms with Crippen LogP contribution in [-0.4, -0.2) is 23.1 Å². The first-order chi connectivity index (χ1) is 11.9. The van der Waals surface area contributed by atoms with E-state index in [1.54, 1.807) is 24.3 Å². The number of allylic oxidation sites excluding steroid dienone is 2. The van der Waals surface area contributed by atoms with E-state index in [2.05, 4.69) is 30.9 Å². The molecule has 0 bridgehead atoms. The third kappa shape index (κ3) is 4.95. The Morgan fingerprint density at radius 2 is 2.00 bits per heavy atom. The minimum atomic E-state index is 0.137. The van der Waals surface area contributed by atoms with E-state index in [1.807, 2.05) is 6.07 Å². The van der Waals surface area contributed by atoms with Crippen molar-refractivity contribution in [2.24, 2.45) is 29.0 Å². The molecule has 0 saturated carbocycles. The first kappa shape index (κ1) is 18.8. The molecule has 1 aliphatic heterocycles. The van der Waals surface area contributed by atoms with Crippen molar-refractivity contribution in [3.8, 4) is 5.75 Å². The van der Waals surface area contributed by atoms with E-state index in [1.165, 1.54) is 0 Å². The van der Waals surface area contributed by atoms with E-state index >= 15 is 0 Å². The molecule has 5 nitrogen and oxygen atoms in total. The Kier molecular flexibility index (Phi) is 6.39. The van der Waals surface area contributed by atoms with Crippen LogP contribution in [0.15, 0.2) is 54.0 Å². The van der Waals surface area contributed by atoms with Gasteiger partial charge in [-0.1, -0.05) is 38.1 Å². The third-order valence-corrected chi connectivity index (χ3v) is 4.64. The van der Waals surface area contributed by atoms with E-state index in [9.17, 15) is 5.11 Å². The topological polar surface area (TPSA) is 102 Å². The molecular weight excluding hydrogens is 312 g/mol. The highest BCUT2D eigenvalue weighted by atomic mass is 16.3. The lowest BCUT2D eigenvalue weighted by Gasteiger charge is -2.31. The van der Waals surface area contributed by atoms with Gasteiger partial charge in [0.15, 0.2) is 0 Å². The highest BCUT2D eigenvalue weighted by molar-refractivity contribution is 5.69. The Balaban J connectivity index is 2.31. The van der Waals surface area contributed by atoms with E-state index in [0.717, 1.165) is 25.9 Å². The van der Waals surface area contributed by atoms with Crippen LogP contribution < -0.4 is 17.2 Å². The molecule has 0 fully saturated rings. The van der Waals surface area contributed by atoms with Crippen LogP contribution in [0.4, 0.5) is 0 Å². The number of aromatic hydroxyl groups is 1. The van der Waals surface area contributed by atoms with E-state index < -0.39 is 0 Å². The molecule has 1 aromatic rings. The van der Waals surface area contributed by atoms with Crippen molar-refractivity contribution in [2.75, 3.05) is 13.1 Å². The highest BCUT2D eigenvalue weighted by Crippen LogP contribution is 2.26. The molecule has 1 unspecified atom stereocenters. The monoisotopic (exact) mass is 342 g/mol. The average Bonchev–Trinajstić information content (AvgIpc) is 2.55. The Labute approximate surface area is 150 Å². The fourth-order valence-electron chi connectivity index (χ4n) is 3.30. The summed E-state index contributed by atoms with van der Waals surface area (Å²) in [4.78, 5) is 2.15. The number of benzene rings is 1. The Morgan fingerprint density at radius 1 is 1.28 bits per heavy atom. The minimum absolute atomic E-state index is 0.137. The van der Waals surface area contributed by atoms with Crippen molar-refractivity contribution in [2.45, 2.75) is 26.7 Å². The molecule has 0 amide bonds. The molecule has 2 rings (SSSR count). The summed E-state index contributed by atoms with van der Waals surface area (Å²) in [6, 6.07) is 6.97. The number of rotatable bonds is 4. The zero-order chi connectivity index (χ0) is 18.4. The number of para-hydroxylation sites is 1. The van der Waals surface area contributed by atoms with Gasteiger partial charge in [-0.05, 0) is 42.9 Å². The fourth-order valence-corrected chi connectivity index (χ4v) is 3.30. The second kappa shape index (κ2) is 8.51. The largest absolute Gasteiger partial charge is 0.507 e. The van der Waals surface area contributed by atoms with Gasteiger partial charge in [0.05, 0.1) is 5.70 Å². The molecule has 5 heteroatoms.